The molecule has 0 spiro atoms. The molecular weight excluding hydrogens is 510 g/mol. The van der Waals surface area contributed by atoms with Crippen molar-refractivity contribution in [1.82, 2.24) is 10.3 Å². The Morgan fingerprint density at radius 3 is 2.11 bits per heavy atom. The van der Waals surface area contributed by atoms with Crippen molar-refractivity contribution in [2.75, 3.05) is 30.9 Å². The van der Waals surface area contributed by atoms with Gasteiger partial charge in [0.1, 0.15) is 5.82 Å². The first kappa shape index (κ1) is 27.5. The van der Waals surface area contributed by atoms with Crippen LogP contribution in [0.25, 0.3) is 10.9 Å². The van der Waals surface area contributed by atoms with Crippen LogP contribution >= 0.6 is 0 Å². The first-order chi connectivity index (χ1) is 17.8. The van der Waals surface area contributed by atoms with Crippen LogP contribution in [0.2, 0.25) is 0 Å². The normalized spacial score (nSPS) is 18.3. The minimum Gasteiger partial charge on any atom is -0.377 e. The van der Waals surface area contributed by atoms with Gasteiger partial charge in [0.25, 0.3) is 5.91 Å². The van der Waals surface area contributed by atoms with Crippen LogP contribution in [-0.4, -0.2) is 37.6 Å². The molecular formula is C27H28F6N4O. The molecule has 0 saturated heterocycles. The third kappa shape index (κ3) is 6.49. The zero-order valence-electron chi connectivity index (χ0n) is 20.9. The molecule has 4 rings (SSSR count). The largest absolute Gasteiger partial charge is 0.416 e. The maximum Gasteiger partial charge on any atom is 0.416 e. The van der Waals surface area contributed by atoms with Crippen molar-refractivity contribution >= 4 is 28.3 Å². The fraction of sp³-hybridized carbons (Fsp3) is 0.407. The van der Waals surface area contributed by atoms with Gasteiger partial charge in [-0.25, -0.2) is 4.98 Å². The summed E-state index contributed by atoms with van der Waals surface area (Å²) in [6.45, 7) is 0.169. The highest BCUT2D eigenvalue weighted by Crippen LogP contribution is 2.36. The molecule has 1 aliphatic carbocycles. The lowest BCUT2D eigenvalue weighted by Crippen LogP contribution is -2.34. The van der Waals surface area contributed by atoms with E-state index in [1.165, 1.54) is 0 Å². The number of amides is 1. The molecule has 1 aliphatic rings. The molecule has 1 fully saturated rings. The topological polar surface area (TPSA) is 57.3 Å². The molecule has 2 aromatic carbocycles. The molecule has 1 saturated carbocycles. The van der Waals surface area contributed by atoms with Crippen LogP contribution in [0, 0.1) is 5.92 Å². The molecule has 5 nitrogen and oxygen atoms in total. The van der Waals surface area contributed by atoms with Gasteiger partial charge in [0.2, 0.25) is 0 Å². The molecule has 0 bridgehead atoms. The number of para-hydroxylation sites is 1. The summed E-state index contributed by atoms with van der Waals surface area (Å²) in [6, 6.07) is 10.9. The number of nitrogens with one attached hydrogen (secondary N) is 2. The van der Waals surface area contributed by atoms with Gasteiger partial charge in [-0.2, -0.15) is 26.3 Å². The number of alkyl halides is 6. The Kier molecular flexibility index (Phi) is 7.75. The second-order valence-corrected chi connectivity index (χ2v) is 9.80. The molecule has 0 aliphatic heterocycles. The van der Waals surface area contributed by atoms with Gasteiger partial charge in [-0.15, -0.1) is 0 Å². The molecule has 1 amide bonds. The van der Waals surface area contributed by atoms with Gasteiger partial charge in [-0.1, -0.05) is 18.2 Å². The number of halogens is 6. The van der Waals surface area contributed by atoms with Crippen molar-refractivity contribution in [1.29, 1.82) is 0 Å². The van der Waals surface area contributed by atoms with Gasteiger partial charge in [-0.3, -0.25) is 4.79 Å². The summed E-state index contributed by atoms with van der Waals surface area (Å²) in [5.41, 5.74) is -1.77. The van der Waals surface area contributed by atoms with Crippen LogP contribution in [-0.2, 0) is 12.4 Å². The van der Waals surface area contributed by atoms with Crippen LogP contribution in [0.4, 0.5) is 37.8 Å². The standard InChI is InChI=1S/C27H28F6N4O/c1-37(2)23-14-24(36-22-6-4-3-5-21(22)23)35-20-9-7-16(8-10-20)15-34-25(38)17-11-18(26(28,29)30)13-19(12-17)27(31,32)33/h3-6,11-14,16,20H,7-10,15H2,1-2H3,(H,34,38)(H,35,36). The summed E-state index contributed by atoms with van der Waals surface area (Å²) in [5, 5.41) is 7.05. The minimum atomic E-state index is -5.01. The summed E-state index contributed by atoms with van der Waals surface area (Å²) in [4.78, 5) is 19.2. The van der Waals surface area contributed by atoms with E-state index in [4.69, 9.17) is 4.98 Å². The number of fused-ring (bicyclic) bond motifs is 1. The smallest absolute Gasteiger partial charge is 0.377 e. The van der Waals surface area contributed by atoms with Crippen molar-refractivity contribution in [2.24, 2.45) is 5.92 Å². The van der Waals surface area contributed by atoms with Gasteiger partial charge in [-0.05, 0) is 55.9 Å². The fourth-order valence-corrected chi connectivity index (χ4v) is 4.75. The van der Waals surface area contributed by atoms with Crippen molar-refractivity contribution < 1.29 is 31.1 Å². The highest BCUT2D eigenvalue weighted by Gasteiger charge is 2.37. The van der Waals surface area contributed by atoms with E-state index in [0.717, 1.165) is 48.1 Å². The van der Waals surface area contributed by atoms with Gasteiger partial charge in [0.05, 0.1) is 16.6 Å². The number of pyridine rings is 1. The van der Waals surface area contributed by atoms with Crippen LogP contribution in [0.3, 0.4) is 0 Å². The highest BCUT2D eigenvalue weighted by atomic mass is 19.4. The summed E-state index contributed by atoms with van der Waals surface area (Å²) < 4.78 is 78.6. The van der Waals surface area contributed by atoms with E-state index in [9.17, 15) is 31.1 Å². The van der Waals surface area contributed by atoms with E-state index in [1.54, 1.807) is 0 Å². The van der Waals surface area contributed by atoms with Crippen LogP contribution < -0.4 is 15.5 Å². The van der Waals surface area contributed by atoms with Crippen molar-refractivity contribution in [3.8, 4) is 0 Å². The maximum atomic E-state index is 13.1. The summed E-state index contributed by atoms with van der Waals surface area (Å²) in [5.74, 6) is -0.139. The number of anilines is 2. The molecule has 11 heteroatoms. The monoisotopic (exact) mass is 538 g/mol. The molecule has 0 radical (unpaired) electrons. The van der Waals surface area contributed by atoms with E-state index < -0.39 is 35.0 Å². The van der Waals surface area contributed by atoms with Crippen molar-refractivity contribution in [2.45, 2.75) is 44.1 Å². The summed E-state index contributed by atoms with van der Waals surface area (Å²) >= 11 is 0. The van der Waals surface area contributed by atoms with E-state index in [2.05, 4.69) is 10.6 Å². The predicted molar refractivity (Wildman–Crippen MR) is 134 cm³/mol. The van der Waals surface area contributed by atoms with Crippen LogP contribution in [0.1, 0.15) is 47.2 Å². The van der Waals surface area contributed by atoms with Crippen LogP contribution in [0.5, 0.6) is 0 Å². The third-order valence-electron chi connectivity index (χ3n) is 6.78. The van der Waals surface area contributed by atoms with Crippen molar-refractivity contribution in [3.05, 3.63) is 65.2 Å². The highest BCUT2D eigenvalue weighted by molar-refractivity contribution is 5.95. The molecule has 1 heterocycles. The number of hydrogen-bond acceptors (Lipinski definition) is 4. The summed E-state index contributed by atoms with van der Waals surface area (Å²) in [7, 11) is 3.93. The number of hydrogen-bond donors (Lipinski definition) is 2. The minimum absolute atomic E-state index is 0.0109. The Hall–Kier alpha value is -3.50. The van der Waals surface area contributed by atoms with E-state index in [1.807, 2.05) is 49.3 Å². The van der Waals surface area contributed by atoms with Gasteiger partial charge >= 0.3 is 12.4 Å². The average Bonchev–Trinajstić information content (AvgIpc) is 2.86. The number of carbonyl (C=O) groups is 1. The Labute approximate surface area is 216 Å². The predicted octanol–water partition coefficient (Wildman–Crippen LogP) is 6.74. The molecule has 3 aromatic rings. The lowest BCUT2D eigenvalue weighted by atomic mass is 9.86. The second kappa shape index (κ2) is 10.7. The van der Waals surface area contributed by atoms with Gasteiger partial charge < -0.3 is 15.5 Å². The quantitative estimate of drug-likeness (QED) is 0.342. The SMILES string of the molecule is CN(C)c1cc(NC2CCC(CNC(=O)c3cc(C(F)(F)F)cc(C(F)(F)F)c3)CC2)nc2ccccc12. The summed E-state index contributed by atoms with van der Waals surface area (Å²) in [6.07, 6.45) is -6.96. The average molecular weight is 539 g/mol. The molecule has 1 aromatic heterocycles. The Bertz CT molecular complexity index is 1260. The Morgan fingerprint density at radius 1 is 0.921 bits per heavy atom. The van der Waals surface area contributed by atoms with E-state index in [-0.39, 0.29) is 24.6 Å². The number of rotatable bonds is 6. The number of benzene rings is 2. The fourth-order valence-electron chi connectivity index (χ4n) is 4.75. The van der Waals surface area contributed by atoms with E-state index in [0.29, 0.717) is 12.1 Å². The second-order valence-electron chi connectivity index (χ2n) is 9.80. The zero-order chi connectivity index (χ0) is 27.7. The molecule has 0 atom stereocenters. The zero-order valence-corrected chi connectivity index (χ0v) is 20.9. The first-order valence-corrected chi connectivity index (χ1v) is 12.2. The number of nitrogens with zero attached hydrogens (tertiary/aromatic N) is 2. The number of carbonyl (C=O) groups excluding carboxylic acids is 1. The van der Waals surface area contributed by atoms with Gasteiger partial charge in [0.15, 0.2) is 0 Å². The molecule has 204 valence electrons. The van der Waals surface area contributed by atoms with Gasteiger partial charge in [0, 0.05) is 49.4 Å². The Morgan fingerprint density at radius 2 is 1.53 bits per heavy atom. The lowest BCUT2D eigenvalue weighted by Gasteiger charge is -2.30. The molecule has 2 N–H and O–H groups in total. The van der Waals surface area contributed by atoms with Crippen molar-refractivity contribution in [3.63, 3.8) is 0 Å². The van der Waals surface area contributed by atoms with Crippen LogP contribution in [0.15, 0.2) is 48.5 Å². The number of aromatic nitrogens is 1. The Balaban J connectivity index is 1.36. The van der Waals surface area contributed by atoms with E-state index >= 15 is 0 Å². The maximum absolute atomic E-state index is 13.1. The first-order valence-electron chi connectivity index (χ1n) is 12.2. The third-order valence-corrected chi connectivity index (χ3v) is 6.78. The molecule has 0 unspecified atom stereocenters. The lowest BCUT2D eigenvalue weighted by molar-refractivity contribution is -0.143. The molecule has 38 heavy (non-hydrogen) atoms.